The van der Waals surface area contributed by atoms with Gasteiger partial charge in [0.05, 0.1) is 5.75 Å². The van der Waals surface area contributed by atoms with Gasteiger partial charge in [0, 0.05) is 32.1 Å². The van der Waals surface area contributed by atoms with Crippen molar-refractivity contribution in [3.63, 3.8) is 0 Å². The van der Waals surface area contributed by atoms with Gasteiger partial charge in [-0.25, -0.2) is 8.42 Å². The first-order valence-corrected chi connectivity index (χ1v) is 6.96. The Labute approximate surface area is 95.7 Å². The van der Waals surface area contributed by atoms with Crippen LogP contribution in [-0.4, -0.2) is 55.2 Å². The van der Waals surface area contributed by atoms with Gasteiger partial charge in [-0.15, -0.1) is 0 Å². The minimum atomic E-state index is -3.28. The van der Waals surface area contributed by atoms with Crippen molar-refractivity contribution < 1.29 is 18.3 Å². The molecule has 0 amide bonds. The summed E-state index contributed by atoms with van der Waals surface area (Å²) in [7, 11) is -3.28. The molecule has 6 nitrogen and oxygen atoms in total. The molecule has 1 rings (SSSR count). The average Bonchev–Trinajstić information content (AvgIpc) is 2.16. The van der Waals surface area contributed by atoms with Crippen LogP contribution in [0.3, 0.4) is 0 Å². The van der Waals surface area contributed by atoms with E-state index in [0.717, 1.165) is 0 Å². The fourth-order valence-corrected chi connectivity index (χ4v) is 3.27. The van der Waals surface area contributed by atoms with Gasteiger partial charge in [0.1, 0.15) is 0 Å². The number of carbonyl (C=O) groups is 1. The van der Waals surface area contributed by atoms with Crippen molar-refractivity contribution in [2.45, 2.75) is 25.8 Å². The van der Waals surface area contributed by atoms with Crippen LogP contribution in [0.25, 0.3) is 0 Å². The quantitative estimate of drug-likeness (QED) is 0.685. The normalized spacial score (nSPS) is 23.2. The summed E-state index contributed by atoms with van der Waals surface area (Å²) in [6.07, 6.45) is 0.0802. The molecule has 7 heteroatoms. The van der Waals surface area contributed by atoms with Crippen LogP contribution in [0.4, 0.5) is 0 Å². The Morgan fingerprint density at radius 2 is 2.25 bits per heavy atom. The van der Waals surface area contributed by atoms with Gasteiger partial charge in [-0.1, -0.05) is 0 Å². The second-order valence-electron chi connectivity index (χ2n) is 4.03. The van der Waals surface area contributed by atoms with E-state index in [1.807, 2.05) is 6.92 Å². The Morgan fingerprint density at radius 3 is 2.81 bits per heavy atom. The number of aliphatic carboxylic acids is 1. The summed E-state index contributed by atoms with van der Waals surface area (Å²) in [6.45, 7) is 3.52. The average molecular weight is 250 g/mol. The Hall–Kier alpha value is -0.660. The number of carboxylic acid groups (broad SMARTS) is 1. The maximum atomic E-state index is 11.8. The topological polar surface area (TPSA) is 86.7 Å². The van der Waals surface area contributed by atoms with Crippen LogP contribution in [0.5, 0.6) is 0 Å². The summed E-state index contributed by atoms with van der Waals surface area (Å²) in [5.74, 6) is -1.03. The summed E-state index contributed by atoms with van der Waals surface area (Å²) >= 11 is 0. The zero-order valence-corrected chi connectivity index (χ0v) is 10.2. The van der Waals surface area contributed by atoms with Gasteiger partial charge in [-0.05, 0) is 13.3 Å². The lowest BCUT2D eigenvalue weighted by molar-refractivity contribution is -0.137. The lowest BCUT2D eigenvalue weighted by atomic mass is 10.3. The summed E-state index contributed by atoms with van der Waals surface area (Å²) in [5.41, 5.74) is 0. The second-order valence-corrected chi connectivity index (χ2v) is 6.11. The van der Waals surface area contributed by atoms with Crippen molar-refractivity contribution >= 4 is 16.0 Å². The highest BCUT2D eigenvalue weighted by Crippen LogP contribution is 2.08. The standard InChI is InChI=1S/C9H18N2O4S/c1-8-7-11(5-4-10-8)16(14,15)6-2-3-9(12)13/h8,10H,2-7H2,1H3,(H,12,13)/t8-/m1/s1. The number of hydrogen-bond donors (Lipinski definition) is 2. The molecule has 0 aliphatic carbocycles. The van der Waals surface area contributed by atoms with E-state index in [-0.39, 0.29) is 24.6 Å². The van der Waals surface area contributed by atoms with Crippen LogP contribution < -0.4 is 5.32 Å². The van der Waals surface area contributed by atoms with Crippen LogP contribution in [0.2, 0.25) is 0 Å². The molecule has 1 fully saturated rings. The van der Waals surface area contributed by atoms with Gasteiger partial charge >= 0.3 is 5.97 Å². The van der Waals surface area contributed by atoms with E-state index >= 15 is 0 Å². The molecule has 0 saturated carbocycles. The first-order valence-electron chi connectivity index (χ1n) is 5.35. The number of sulfonamides is 1. The summed E-state index contributed by atoms with van der Waals surface area (Å²) in [4.78, 5) is 10.3. The van der Waals surface area contributed by atoms with Crippen LogP contribution in [0, 0.1) is 0 Å². The summed E-state index contributed by atoms with van der Waals surface area (Å²) in [6, 6.07) is 0.156. The van der Waals surface area contributed by atoms with E-state index in [4.69, 9.17) is 5.11 Å². The highest BCUT2D eigenvalue weighted by Gasteiger charge is 2.26. The molecule has 1 atom stereocenters. The minimum Gasteiger partial charge on any atom is -0.481 e. The molecule has 0 radical (unpaired) electrons. The third-order valence-electron chi connectivity index (χ3n) is 2.52. The highest BCUT2D eigenvalue weighted by molar-refractivity contribution is 7.89. The molecule has 0 bridgehead atoms. The third-order valence-corrected chi connectivity index (χ3v) is 4.44. The molecular formula is C9H18N2O4S. The summed E-state index contributed by atoms with van der Waals surface area (Å²) < 4.78 is 25.1. The molecule has 0 aromatic carbocycles. The molecule has 1 saturated heterocycles. The number of hydrogen-bond acceptors (Lipinski definition) is 4. The molecular weight excluding hydrogens is 232 g/mol. The van der Waals surface area contributed by atoms with Crippen molar-refractivity contribution in [3.05, 3.63) is 0 Å². The monoisotopic (exact) mass is 250 g/mol. The molecule has 0 spiro atoms. The van der Waals surface area contributed by atoms with Crippen molar-refractivity contribution in [3.8, 4) is 0 Å². The fourth-order valence-electron chi connectivity index (χ4n) is 1.68. The number of nitrogens with zero attached hydrogens (tertiary/aromatic N) is 1. The zero-order chi connectivity index (χ0) is 12.2. The van der Waals surface area contributed by atoms with Gasteiger partial charge in [-0.3, -0.25) is 4.79 Å². The van der Waals surface area contributed by atoms with Crippen LogP contribution >= 0.6 is 0 Å². The number of nitrogens with one attached hydrogen (secondary N) is 1. The second kappa shape index (κ2) is 5.60. The van der Waals surface area contributed by atoms with Crippen LogP contribution in [-0.2, 0) is 14.8 Å². The Bertz CT molecular complexity index is 341. The van der Waals surface area contributed by atoms with E-state index in [1.165, 1.54) is 4.31 Å². The molecule has 0 aromatic rings. The predicted molar refractivity (Wildman–Crippen MR) is 59.7 cm³/mol. The number of rotatable bonds is 5. The molecule has 2 N–H and O–H groups in total. The van der Waals surface area contributed by atoms with Gasteiger partial charge < -0.3 is 10.4 Å². The lowest BCUT2D eigenvalue weighted by Crippen LogP contribution is -2.51. The smallest absolute Gasteiger partial charge is 0.303 e. The Kier molecular flexibility index (Phi) is 4.69. The van der Waals surface area contributed by atoms with E-state index in [9.17, 15) is 13.2 Å². The lowest BCUT2D eigenvalue weighted by Gasteiger charge is -2.30. The van der Waals surface area contributed by atoms with E-state index in [2.05, 4.69) is 5.32 Å². The number of piperazine rings is 1. The molecule has 0 aromatic heterocycles. The van der Waals surface area contributed by atoms with Crippen LogP contribution in [0.15, 0.2) is 0 Å². The van der Waals surface area contributed by atoms with E-state index < -0.39 is 16.0 Å². The molecule has 16 heavy (non-hydrogen) atoms. The van der Waals surface area contributed by atoms with Gasteiger partial charge in [0.15, 0.2) is 0 Å². The Balaban J connectivity index is 2.46. The highest BCUT2D eigenvalue weighted by atomic mass is 32.2. The molecule has 94 valence electrons. The van der Waals surface area contributed by atoms with Crippen molar-refractivity contribution in [2.24, 2.45) is 0 Å². The summed E-state index contributed by atoms with van der Waals surface area (Å²) in [5, 5.41) is 11.6. The van der Waals surface area contributed by atoms with Gasteiger partial charge in [-0.2, -0.15) is 4.31 Å². The first kappa shape index (κ1) is 13.4. The van der Waals surface area contributed by atoms with Gasteiger partial charge in [0.25, 0.3) is 0 Å². The van der Waals surface area contributed by atoms with E-state index in [1.54, 1.807) is 0 Å². The zero-order valence-electron chi connectivity index (χ0n) is 9.35. The van der Waals surface area contributed by atoms with E-state index in [0.29, 0.717) is 19.6 Å². The maximum Gasteiger partial charge on any atom is 0.303 e. The molecule has 1 aliphatic rings. The Morgan fingerprint density at radius 1 is 1.56 bits per heavy atom. The molecule has 1 heterocycles. The first-order chi connectivity index (χ1) is 7.42. The van der Waals surface area contributed by atoms with Crippen LogP contribution in [0.1, 0.15) is 19.8 Å². The van der Waals surface area contributed by atoms with Gasteiger partial charge in [0.2, 0.25) is 10.0 Å². The predicted octanol–water partition coefficient (Wildman–Crippen LogP) is -0.525. The van der Waals surface area contributed by atoms with Crippen molar-refractivity contribution in [1.82, 2.24) is 9.62 Å². The van der Waals surface area contributed by atoms with Crippen molar-refractivity contribution in [2.75, 3.05) is 25.4 Å². The third kappa shape index (κ3) is 4.07. The largest absolute Gasteiger partial charge is 0.481 e. The maximum absolute atomic E-state index is 11.8. The fraction of sp³-hybridized carbons (Fsp3) is 0.889. The minimum absolute atomic E-state index is 0.0774. The molecule has 1 aliphatic heterocycles. The SMILES string of the molecule is C[C@@H]1CN(S(=O)(=O)CCCC(=O)O)CCN1. The van der Waals surface area contributed by atoms with Crippen molar-refractivity contribution in [1.29, 1.82) is 0 Å². The number of carboxylic acids is 1. The molecule has 0 unspecified atom stereocenters.